The van der Waals surface area contributed by atoms with E-state index in [1.54, 1.807) is 4.90 Å². The molecule has 2 amide bonds. The molecule has 0 aliphatic carbocycles. The van der Waals surface area contributed by atoms with E-state index < -0.39 is 0 Å². The van der Waals surface area contributed by atoms with Crippen LogP contribution < -0.4 is 0 Å². The second kappa shape index (κ2) is 9.17. The van der Waals surface area contributed by atoms with Gasteiger partial charge in [-0.3, -0.25) is 9.59 Å². The van der Waals surface area contributed by atoms with Gasteiger partial charge in [0, 0.05) is 32.1 Å². The number of nitrogens with zero attached hydrogens (tertiary/aromatic N) is 3. The molecule has 2 heterocycles. The standard InChI is InChI=1S/C21H31N3O2/c1-22-13-6-5-9-19(22)10-11-20(25)24-16-15-23(21(26)17-24)14-12-18-7-3-2-4-8-18/h2-4,7-8,19H,5-6,9-17H2,1H3/t19-/m0/s1. The lowest BCUT2D eigenvalue weighted by Crippen LogP contribution is -2.52. The van der Waals surface area contributed by atoms with Crippen molar-refractivity contribution in [2.24, 2.45) is 0 Å². The number of carbonyl (C=O) groups is 2. The Kier molecular flexibility index (Phi) is 6.67. The highest BCUT2D eigenvalue weighted by Gasteiger charge is 2.27. The Bertz CT molecular complexity index is 605. The zero-order valence-corrected chi connectivity index (χ0v) is 15.9. The summed E-state index contributed by atoms with van der Waals surface area (Å²) in [5.74, 6) is 0.218. The van der Waals surface area contributed by atoms with E-state index in [2.05, 4.69) is 24.1 Å². The zero-order chi connectivity index (χ0) is 18.4. The first-order chi connectivity index (χ1) is 12.6. The van der Waals surface area contributed by atoms with Gasteiger partial charge in [0.25, 0.3) is 0 Å². The zero-order valence-electron chi connectivity index (χ0n) is 15.9. The first-order valence-corrected chi connectivity index (χ1v) is 9.93. The Hall–Kier alpha value is -1.88. The number of hydrogen-bond donors (Lipinski definition) is 0. The number of piperidine rings is 1. The lowest BCUT2D eigenvalue weighted by Gasteiger charge is -2.36. The van der Waals surface area contributed by atoms with Gasteiger partial charge in [0.15, 0.2) is 0 Å². The predicted molar refractivity (Wildman–Crippen MR) is 103 cm³/mol. The Morgan fingerprint density at radius 2 is 1.92 bits per heavy atom. The smallest absolute Gasteiger partial charge is 0.242 e. The molecule has 3 rings (SSSR count). The molecule has 5 nitrogen and oxygen atoms in total. The lowest BCUT2D eigenvalue weighted by molar-refractivity contribution is -0.145. The number of hydrogen-bond acceptors (Lipinski definition) is 3. The second-order valence-electron chi connectivity index (χ2n) is 7.60. The molecule has 0 saturated carbocycles. The third-order valence-corrected chi connectivity index (χ3v) is 5.80. The van der Waals surface area contributed by atoms with Crippen LogP contribution in [-0.2, 0) is 16.0 Å². The summed E-state index contributed by atoms with van der Waals surface area (Å²) in [5.41, 5.74) is 1.25. The fourth-order valence-electron chi connectivity index (χ4n) is 4.02. The average Bonchev–Trinajstić information content (AvgIpc) is 2.67. The minimum Gasteiger partial charge on any atom is -0.339 e. The first kappa shape index (κ1) is 18.9. The van der Waals surface area contributed by atoms with Crippen LogP contribution in [0.25, 0.3) is 0 Å². The molecule has 142 valence electrons. The fourth-order valence-corrected chi connectivity index (χ4v) is 4.02. The van der Waals surface area contributed by atoms with Gasteiger partial charge in [-0.05, 0) is 44.8 Å². The van der Waals surface area contributed by atoms with Crippen LogP contribution in [0.2, 0.25) is 0 Å². The number of piperazine rings is 1. The van der Waals surface area contributed by atoms with Crippen LogP contribution in [0.15, 0.2) is 30.3 Å². The Labute approximate surface area is 156 Å². The largest absolute Gasteiger partial charge is 0.339 e. The lowest BCUT2D eigenvalue weighted by atomic mass is 9.98. The molecule has 2 saturated heterocycles. The maximum atomic E-state index is 12.5. The molecule has 1 aromatic carbocycles. The van der Waals surface area contributed by atoms with Crippen LogP contribution in [-0.4, -0.2) is 72.3 Å². The first-order valence-electron chi connectivity index (χ1n) is 9.93. The van der Waals surface area contributed by atoms with Crippen molar-refractivity contribution in [2.75, 3.05) is 39.8 Å². The molecule has 0 N–H and O–H groups in total. The molecule has 26 heavy (non-hydrogen) atoms. The van der Waals surface area contributed by atoms with Crippen LogP contribution in [0.5, 0.6) is 0 Å². The fraction of sp³-hybridized carbons (Fsp3) is 0.619. The van der Waals surface area contributed by atoms with E-state index in [9.17, 15) is 9.59 Å². The van der Waals surface area contributed by atoms with Crippen molar-refractivity contribution in [3.8, 4) is 0 Å². The summed E-state index contributed by atoms with van der Waals surface area (Å²) < 4.78 is 0. The van der Waals surface area contributed by atoms with E-state index in [0.29, 0.717) is 25.6 Å². The Morgan fingerprint density at radius 3 is 2.65 bits per heavy atom. The van der Waals surface area contributed by atoms with Crippen molar-refractivity contribution < 1.29 is 9.59 Å². The van der Waals surface area contributed by atoms with E-state index in [4.69, 9.17) is 0 Å². The molecular formula is C21H31N3O2. The number of rotatable bonds is 6. The van der Waals surface area contributed by atoms with Gasteiger partial charge in [-0.25, -0.2) is 0 Å². The minimum atomic E-state index is 0.0790. The van der Waals surface area contributed by atoms with Crippen LogP contribution in [0.3, 0.4) is 0 Å². The van der Waals surface area contributed by atoms with E-state index in [1.165, 1.54) is 24.8 Å². The third-order valence-electron chi connectivity index (χ3n) is 5.80. The molecule has 2 fully saturated rings. The number of benzene rings is 1. The molecule has 1 aromatic rings. The maximum absolute atomic E-state index is 12.5. The molecule has 5 heteroatoms. The van der Waals surface area contributed by atoms with E-state index in [-0.39, 0.29) is 18.4 Å². The Balaban J connectivity index is 1.41. The van der Waals surface area contributed by atoms with Crippen molar-refractivity contribution in [3.63, 3.8) is 0 Å². The van der Waals surface area contributed by atoms with Gasteiger partial charge in [-0.2, -0.15) is 0 Å². The molecular weight excluding hydrogens is 326 g/mol. The van der Waals surface area contributed by atoms with Gasteiger partial charge in [0.2, 0.25) is 11.8 Å². The number of likely N-dealkylation sites (tertiary alicyclic amines) is 1. The summed E-state index contributed by atoms with van der Waals surface area (Å²) in [4.78, 5) is 31.0. The molecule has 0 bridgehead atoms. The molecule has 0 radical (unpaired) electrons. The van der Waals surface area contributed by atoms with Crippen molar-refractivity contribution in [3.05, 3.63) is 35.9 Å². The van der Waals surface area contributed by atoms with Gasteiger partial charge in [-0.1, -0.05) is 36.8 Å². The molecule has 0 spiro atoms. The summed E-state index contributed by atoms with van der Waals surface area (Å²) in [7, 11) is 2.16. The van der Waals surface area contributed by atoms with Gasteiger partial charge in [-0.15, -0.1) is 0 Å². The van der Waals surface area contributed by atoms with Crippen LogP contribution in [0.4, 0.5) is 0 Å². The topological polar surface area (TPSA) is 43.9 Å². The minimum absolute atomic E-state index is 0.0790. The van der Waals surface area contributed by atoms with Crippen molar-refractivity contribution in [1.82, 2.24) is 14.7 Å². The molecule has 1 atom stereocenters. The maximum Gasteiger partial charge on any atom is 0.242 e. The van der Waals surface area contributed by atoms with Crippen LogP contribution in [0.1, 0.15) is 37.7 Å². The van der Waals surface area contributed by atoms with E-state index >= 15 is 0 Å². The molecule has 2 aliphatic heterocycles. The van der Waals surface area contributed by atoms with E-state index in [0.717, 1.165) is 25.9 Å². The predicted octanol–water partition coefficient (Wildman–Crippen LogP) is 2.16. The van der Waals surface area contributed by atoms with E-state index in [1.807, 2.05) is 23.1 Å². The highest BCUT2D eigenvalue weighted by Crippen LogP contribution is 2.19. The third kappa shape index (κ3) is 5.07. The van der Waals surface area contributed by atoms with Crippen molar-refractivity contribution >= 4 is 11.8 Å². The summed E-state index contributed by atoms with van der Waals surface area (Å²) in [6.45, 7) is 3.43. The van der Waals surface area contributed by atoms with Crippen molar-refractivity contribution in [2.45, 2.75) is 44.6 Å². The van der Waals surface area contributed by atoms with Gasteiger partial charge in [0.1, 0.15) is 0 Å². The molecule has 0 unspecified atom stereocenters. The monoisotopic (exact) mass is 357 g/mol. The number of amides is 2. The summed E-state index contributed by atoms with van der Waals surface area (Å²) in [6.07, 6.45) is 6.07. The number of carbonyl (C=O) groups excluding carboxylic acids is 2. The SMILES string of the molecule is CN1CCCC[C@H]1CCC(=O)N1CCN(CCc2ccccc2)C(=O)C1. The normalized spacial score (nSPS) is 21.9. The molecule has 0 aromatic heterocycles. The summed E-state index contributed by atoms with van der Waals surface area (Å²) in [6, 6.07) is 10.8. The highest BCUT2D eigenvalue weighted by atomic mass is 16.2. The highest BCUT2D eigenvalue weighted by molar-refractivity contribution is 5.86. The molecule has 2 aliphatic rings. The summed E-state index contributed by atoms with van der Waals surface area (Å²) >= 11 is 0. The second-order valence-corrected chi connectivity index (χ2v) is 7.60. The van der Waals surface area contributed by atoms with Gasteiger partial charge < -0.3 is 14.7 Å². The Morgan fingerprint density at radius 1 is 1.12 bits per heavy atom. The van der Waals surface area contributed by atoms with Crippen LogP contribution in [0, 0.1) is 0 Å². The quantitative estimate of drug-likeness (QED) is 0.784. The van der Waals surface area contributed by atoms with Crippen LogP contribution >= 0.6 is 0 Å². The van der Waals surface area contributed by atoms with Crippen molar-refractivity contribution in [1.29, 1.82) is 0 Å². The van der Waals surface area contributed by atoms with Gasteiger partial charge in [0.05, 0.1) is 6.54 Å². The van der Waals surface area contributed by atoms with Gasteiger partial charge >= 0.3 is 0 Å². The summed E-state index contributed by atoms with van der Waals surface area (Å²) in [5, 5.41) is 0. The average molecular weight is 357 g/mol.